The van der Waals surface area contributed by atoms with Crippen molar-refractivity contribution in [3.05, 3.63) is 0 Å². The highest BCUT2D eigenvalue weighted by atomic mass is 16.5. The van der Waals surface area contributed by atoms with Gasteiger partial charge in [-0.3, -0.25) is 9.59 Å². The van der Waals surface area contributed by atoms with Crippen molar-refractivity contribution >= 4 is 11.9 Å². The molecule has 0 radical (unpaired) electrons. The number of carbonyl (C=O) groups is 2. The number of aliphatic carboxylic acids is 1. The van der Waals surface area contributed by atoms with Crippen LogP contribution in [-0.2, 0) is 14.3 Å². The fourth-order valence-corrected chi connectivity index (χ4v) is 2.28. The number of ether oxygens (including phenoxy) is 1. The minimum Gasteiger partial charge on any atom is -0.481 e. The number of hydrogen-bond acceptors (Lipinski definition) is 4. The molecule has 1 fully saturated rings. The van der Waals surface area contributed by atoms with Crippen LogP contribution in [-0.4, -0.2) is 49.3 Å². The van der Waals surface area contributed by atoms with Crippen molar-refractivity contribution in [3.63, 3.8) is 0 Å². The highest BCUT2D eigenvalue weighted by Crippen LogP contribution is 2.11. The maximum absolute atomic E-state index is 11.7. The second kappa shape index (κ2) is 8.92. The Bertz CT molecular complexity index is 314. The first-order valence-electron chi connectivity index (χ1n) is 7.31. The van der Waals surface area contributed by atoms with Crippen LogP contribution in [0.2, 0.25) is 0 Å². The normalized spacial score (nSPS) is 17.9. The Kier molecular flexibility index (Phi) is 7.54. The summed E-state index contributed by atoms with van der Waals surface area (Å²) in [6.07, 6.45) is 2.52. The van der Waals surface area contributed by atoms with Crippen LogP contribution in [0, 0.1) is 11.8 Å². The molecule has 0 bridgehead atoms. The van der Waals surface area contributed by atoms with Gasteiger partial charge < -0.3 is 20.5 Å². The molecule has 0 spiro atoms. The number of amides is 1. The summed E-state index contributed by atoms with van der Waals surface area (Å²) in [5.41, 5.74) is 0. The highest BCUT2D eigenvalue weighted by molar-refractivity contribution is 5.78. The third-order valence-electron chi connectivity index (χ3n) is 3.39. The average Bonchev–Trinajstić information content (AvgIpc) is 2.41. The van der Waals surface area contributed by atoms with E-state index in [4.69, 9.17) is 9.84 Å². The van der Waals surface area contributed by atoms with E-state index in [0.717, 1.165) is 25.9 Å². The summed E-state index contributed by atoms with van der Waals surface area (Å²) < 4.78 is 5.52. The molecular weight excluding hydrogens is 260 g/mol. The first-order chi connectivity index (χ1) is 9.49. The molecule has 1 heterocycles. The molecule has 3 N–H and O–H groups in total. The Hall–Kier alpha value is -1.14. The van der Waals surface area contributed by atoms with Gasteiger partial charge in [0, 0.05) is 6.54 Å². The molecule has 1 aliphatic rings. The topological polar surface area (TPSA) is 87.7 Å². The molecule has 0 aromatic heterocycles. The summed E-state index contributed by atoms with van der Waals surface area (Å²) in [4.78, 5) is 22.7. The Balaban J connectivity index is 2.21. The van der Waals surface area contributed by atoms with Crippen molar-refractivity contribution in [2.24, 2.45) is 11.8 Å². The lowest BCUT2D eigenvalue weighted by Gasteiger charge is -2.22. The summed E-state index contributed by atoms with van der Waals surface area (Å²) in [6, 6.07) is 0. The zero-order chi connectivity index (χ0) is 15.0. The molecule has 1 atom stereocenters. The van der Waals surface area contributed by atoms with Gasteiger partial charge in [0.1, 0.15) is 6.61 Å². The second-order valence-electron chi connectivity index (χ2n) is 5.73. The van der Waals surface area contributed by atoms with E-state index in [2.05, 4.69) is 10.6 Å². The average molecular weight is 286 g/mol. The van der Waals surface area contributed by atoms with Gasteiger partial charge in [0.05, 0.1) is 12.0 Å². The van der Waals surface area contributed by atoms with E-state index < -0.39 is 11.9 Å². The van der Waals surface area contributed by atoms with Crippen LogP contribution in [0.5, 0.6) is 0 Å². The smallest absolute Gasteiger partial charge is 0.308 e. The lowest BCUT2D eigenvalue weighted by Crippen LogP contribution is -2.38. The summed E-state index contributed by atoms with van der Waals surface area (Å²) in [5, 5.41) is 15.0. The number of carbonyl (C=O) groups excluding carboxylic acids is 1. The number of nitrogens with one attached hydrogen (secondary N) is 2. The van der Waals surface area contributed by atoms with Crippen molar-refractivity contribution in [1.29, 1.82) is 0 Å². The fourth-order valence-electron chi connectivity index (χ4n) is 2.28. The van der Waals surface area contributed by atoms with Gasteiger partial charge >= 0.3 is 5.97 Å². The minimum atomic E-state index is -0.863. The van der Waals surface area contributed by atoms with Gasteiger partial charge in [-0.15, -0.1) is 0 Å². The zero-order valence-electron chi connectivity index (χ0n) is 12.4. The molecule has 116 valence electrons. The van der Waals surface area contributed by atoms with Crippen LogP contribution in [0.1, 0.15) is 33.1 Å². The Morgan fingerprint density at radius 1 is 1.35 bits per heavy atom. The Labute approximate surface area is 120 Å². The molecule has 1 amide bonds. The van der Waals surface area contributed by atoms with Gasteiger partial charge in [0.15, 0.2) is 0 Å². The van der Waals surface area contributed by atoms with E-state index in [1.54, 1.807) is 0 Å². The van der Waals surface area contributed by atoms with E-state index in [1.807, 2.05) is 13.8 Å². The molecule has 0 saturated carbocycles. The molecule has 1 saturated heterocycles. The third-order valence-corrected chi connectivity index (χ3v) is 3.39. The molecule has 0 aromatic rings. The van der Waals surface area contributed by atoms with Gasteiger partial charge in [-0.25, -0.2) is 0 Å². The van der Waals surface area contributed by atoms with Crippen molar-refractivity contribution in [2.75, 3.05) is 26.2 Å². The fraction of sp³-hybridized carbons (Fsp3) is 0.857. The predicted octanol–water partition coefficient (Wildman–Crippen LogP) is 0.618. The van der Waals surface area contributed by atoms with E-state index in [9.17, 15) is 9.59 Å². The summed E-state index contributed by atoms with van der Waals surface area (Å²) in [6.45, 7) is 5.96. The van der Waals surface area contributed by atoms with Crippen molar-refractivity contribution < 1.29 is 19.4 Å². The molecule has 1 unspecified atom stereocenters. The Morgan fingerprint density at radius 3 is 2.55 bits per heavy atom. The molecule has 20 heavy (non-hydrogen) atoms. The number of rotatable bonds is 8. The van der Waals surface area contributed by atoms with Gasteiger partial charge in [-0.2, -0.15) is 0 Å². The van der Waals surface area contributed by atoms with Crippen LogP contribution in [0.3, 0.4) is 0 Å². The molecule has 1 aliphatic heterocycles. The second-order valence-corrected chi connectivity index (χ2v) is 5.73. The zero-order valence-corrected chi connectivity index (χ0v) is 12.4. The van der Waals surface area contributed by atoms with Gasteiger partial charge in [-0.1, -0.05) is 13.8 Å². The van der Waals surface area contributed by atoms with Crippen LogP contribution in [0.25, 0.3) is 0 Å². The predicted molar refractivity (Wildman–Crippen MR) is 75.4 cm³/mol. The van der Waals surface area contributed by atoms with E-state index in [1.165, 1.54) is 0 Å². The molecule has 0 aliphatic carbocycles. The quantitative estimate of drug-likeness (QED) is 0.609. The van der Waals surface area contributed by atoms with Crippen LogP contribution in [0.15, 0.2) is 0 Å². The maximum Gasteiger partial charge on any atom is 0.308 e. The van der Waals surface area contributed by atoms with Gasteiger partial charge in [-0.05, 0) is 38.3 Å². The first kappa shape index (κ1) is 16.9. The lowest BCUT2D eigenvalue weighted by molar-refractivity contribution is -0.142. The summed E-state index contributed by atoms with van der Waals surface area (Å²) in [7, 11) is 0. The number of piperidine rings is 1. The number of hydrogen-bond donors (Lipinski definition) is 3. The minimum absolute atomic E-state index is 0.0126. The van der Waals surface area contributed by atoms with E-state index in [-0.39, 0.29) is 25.2 Å². The molecular formula is C14H26N2O4. The number of carboxylic acid groups (broad SMARTS) is 1. The summed E-state index contributed by atoms with van der Waals surface area (Å²) in [5.74, 6) is -1.34. The maximum atomic E-state index is 11.7. The highest BCUT2D eigenvalue weighted by Gasteiger charge is 2.20. The van der Waals surface area contributed by atoms with E-state index in [0.29, 0.717) is 12.3 Å². The first-order valence-corrected chi connectivity index (χ1v) is 7.31. The molecule has 6 nitrogen and oxygen atoms in total. The third kappa shape index (κ3) is 6.86. The monoisotopic (exact) mass is 286 g/mol. The van der Waals surface area contributed by atoms with Crippen molar-refractivity contribution in [3.8, 4) is 0 Å². The van der Waals surface area contributed by atoms with Crippen molar-refractivity contribution in [2.45, 2.75) is 39.2 Å². The van der Waals surface area contributed by atoms with Crippen LogP contribution >= 0.6 is 0 Å². The standard InChI is InChI=1S/C14H26N2O4/c1-10(2)7-11(14(18)19)8-16-13(17)9-20-12-3-5-15-6-4-12/h10-12,15H,3-9H2,1-2H3,(H,16,17)(H,18,19). The summed E-state index contributed by atoms with van der Waals surface area (Å²) >= 11 is 0. The van der Waals surface area contributed by atoms with Crippen LogP contribution in [0.4, 0.5) is 0 Å². The lowest BCUT2D eigenvalue weighted by atomic mass is 9.97. The largest absolute Gasteiger partial charge is 0.481 e. The Morgan fingerprint density at radius 2 is 2.00 bits per heavy atom. The number of carboxylic acids is 1. The molecule has 6 heteroatoms. The molecule has 1 rings (SSSR count). The van der Waals surface area contributed by atoms with Crippen molar-refractivity contribution in [1.82, 2.24) is 10.6 Å². The van der Waals surface area contributed by atoms with Gasteiger partial charge in [0.2, 0.25) is 5.91 Å². The van der Waals surface area contributed by atoms with Gasteiger partial charge in [0.25, 0.3) is 0 Å². The van der Waals surface area contributed by atoms with Crippen LogP contribution < -0.4 is 10.6 Å². The SMILES string of the molecule is CC(C)CC(CNC(=O)COC1CCNCC1)C(=O)O. The van der Waals surface area contributed by atoms with E-state index >= 15 is 0 Å². The molecule has 0 aromatic carbocycles.